The van der Waals surface area contributed by atoms with Crippen LogP contribution in [0.5, 0.6) is 0 Å². The monoisotopic (exact) mass is 282 g/mol. The number of likely N-dealkylation sites (N-methyl/N-ethyl adjacent to an activating group) is 2. The number of carbonyl (C=O) groups is 1. The van der Waals surface area contributed by atoms with Crippen LogP contribution in [-0.2, 0) is 4.79 Å². The molecule has 0 N–H and O–H groups in total. The van der Waals surface area contributed by atoms with Crippen LogP contribution >= 0.6 is 11.6 Å². The Morgan fingerprint density at radius 1 is 1.26 bits per heavy atom. The Hall–Kier alpha value is -1.06. The minimum absolute atomic E-state index is 0.0234. The Morgan fingerprint density at radius 2 is 1.84 bits per heavy atom. The first-order valence-electron chi connectivity index (χ1n) is 6.61. The van der Waals surface area contributed by atoms with Gasteiger partial charge in [0.25, 0.3) is 0 Å². The molecule has 1 amide bonds. The molecule has 19 heavy (non-hydrogen) atoms. The van der Waals surface area contributed by atoms with Gasteiger partial charge < -0.3 is 9.80 Å². The number of benzene rings is 1. The molecule has 0 aromatic heterocycles. The van der Waals surface area contributed by atoms with Gasteiger partial charge in [-0.2, -0.15) is 0 Å². The van der Waals surface area contributed by atoms with E-state index in [4.69, 9.17) is 11.6 Å². The highest BCUT2D eigenvalue weighted by atomic mass is 35.5. The summed E-state index contributed by atoms with van der Waals surface area (Å²) in [4.78, 5) is 16.4. The Balaban J connectivity index is 2.78. The topological polar surface area (TPSA) is 23.6 Å². The predicted octanol–water partition coefficient (Wildman–Crippen LogP) is 2.77. The molecule has 4 heteroatoms. The normalized spacial score (nSPS) is 14.2. The van der Waals surface area contributed by atoms with Crippen LogP contribution < -0.4 is 0 Å². The van der Waals surface area contributed by atoms with Crippen molar-refractivity contribution in [2.24, 2.45) is 0 Å². The third-order valence-corrected chi connectivity index (χ3v) is 3.53. The molecule has 1 aromatic carbocycles. The Bertz CT molecular complexity index is 394. The predicted molar refractivity (Wildman–Crippen MR) is 80.4 cm³/mol. The molecule has 3 nitrogen and oxygen atoms in total. The summed E-state index contributed by atoms with van der Waals surface area (Å²) < 4.78 is 0. The zero-order chi connectivity index (χ0) is 14.4. The molecular weight excluding hydrogens is 260 g/mol. The van der Waals surface area contributed by atoms with Gasteiger partial charge in [-0.05, 0) is 33.5 Å². The maximum absolute atomic E-state index is 12.5. The molecule has 0 fully saturated rings. The van der Waals surface area contributed by atoms with Crippen molar-refractivity contribution in [2.45, 2.75) is 25.3 Å². The molecule has 0 saturated heterocycles. The van der Waals surface area contributed by atoms with Gasteiger partial charge in [0.05, 0.1) is 0 Å². The second kappa shape index (κ2) is 7.51. The van der Waals surface area contributed by atoms with Crippen molar-refractivity contribution in [1.29, 1.82) is 0 Å². The molecular formula is C15H23ClN2O. The highest BCUT2D eigenvalue weighted by Gasteiger charge is 2.26. The summed E-state index contributed by atoms with van der Waals surface area (Å²) in [7, 11) is 4.01. The zero-order valence-corrected chi connectivity index (χ0v) is 12.9. The third-order valence-electron chi connectivity index (χ3n) is 3.09. The van der Waals surface area contributed by atoms with Gasteiger partial charge in [0.2, 0.25) is 5.91 Å². The van der Waals surface area contributed by atoms with Gasteiger partial charge in [0.1, 0.15) is 5.38 Å². The van der Waals surface area contributed by atoms with Crippen LogP contribution in [0.3, 0.4) is 0 Å². The van der Waals surface area contributed by atoms with Crippen LogP contribution in [0.1, 0.15) is 24.8 Å². The van der Waals surface area contributed by atoms with Gasteiger partial charge in [-0.15, -0.1) is 11.6 Å². The minimum Gasteiger partial charge on any atom is -0.337 e. The maximum atomic E-state index is 12.5. The summed E-state index contributed by atoms with van der Waals surface area (Å²) in [5.41, 5.74) is 0.852. The van der Waals surface area contributed by atoms with Crippen molar-refractivity contribution in [3.63, 3.8) is 0 Å². The molecule has 0 spiro atoms. The molecule has 0 bridgehead atoms. The average Bonchev–Trinajstić information content (AvgIpc) is 2.38. The number of halogens is 1. The Morgan fingerprint density at radius 3 is 2.32 bits per heavy atom. The number of carbonyl (C=O) groups excluding carboxylic acids is 1. The van der Waals surface area contributed by atoms with Gasteiger partial charge in [0.15, 0.2) is 0 Å². The maximum Gasteiger partial charge on any atom is 0.245 e. The van der Waals surface area contributed by atoms with Crippen LogP contribution in [0.15, 0.2) is 30.3 Å². The average molecular weight is 283 g/mol. The van der Waals surface area contributed by atoms with E-state index in [1.807, 2.05) is 56.3 Å². The Labute approximate surface area is 121 Å². The third kappa shape index (κ3) is 4.51. The molecule has 0 aliphatic carbocycles. The van der Waals surface area contributed by atoms with E-state index in [2.05, 4.69) is 11.8 Å². The lowest BCUT2D eigenvalue weighted by atomic mass is 10.1. The summed E-state index contributed by atoms with van der Waals surface area (Å²) in [6.45, 7) is 5.54. The number of hydrogen-bond donors (Lipinski definition) is 0. The fourth-order valence-corrected chi connectivity index (χ4v) is 2.49. The largest absolute Gasteiger partial charge is 0.337 e. The van der Waals surface area contributed by atoms with Gasteiger partial charge in [-0.1, -0.05) is 30.3 Å². The van der Waals surface area contributed by atoms with Crippen LogP contribution in [0.2, 0.25) is 0 Å². The molecule has 1 aromatic rings. The number of rotatable bonds is 6. The minimum atomic E-state index is -0.606. The SMILES string of the molecule is CCN(C(=O)C(Cl)c1ccccc1)C(C)CN(C)C. The standard InChI is InChI=1S/C15H23ClN2O/c1-5-18(12(2)11-17(3)4)15(19)14(16)13-9-7-6-8-10-13/h6-10,12,14H,5,11H2,1-4H3. The van der Waals surface area contributed by atoms with E-state index in [0.29, 0.717) is 6.54 Å². The van der Waals surface area contributed by atoms with Crippen molar-refractivity contribution in [1.82, 2.24) is 9.80 Å². The summed E-state index contributed by atoms with van der Waals surface area (Å²) in [6, 6.07) is 9.65. The lowest BCUT2D eigenvalue weighted by molar-refractivity contribution is -0.132. The van der Waals surface area contributed by atoms with E-state index in [0.717, 1.165) is 12.1 Å². The van der Waals surface area contributed by atoms with Gasteiger partial charge in [-0.3, -0.25) is 4.79 Å². The van der Waals surface area contributed by atoms with Crippen molar-refractivity contribution < 1.29 is 4.79 Å². The first-order valence-corrected chi connectivity index (χ1v) is 7.05. The van der Waals surface area contributed by atoms with Gasteiger partial charge in [0, 0.05) is 19.1 Å². The van der Waals surface area contributed by atoms with Crippen molar-refractivity contribution in [2.75, 3.05) is 27.2 Å². The number of hydrogen-bond acceptors (Lipinski definition) is 2. The summed E-state index contributed by atoms with van der Waals surface area (Å²) in [6.07, 6.45) is 0. The molecule has 0 saturated carbocycles. The number of nitrogens with zero attached hydrogens (tertiary/aromatic N) is 2. The first kappa shape index (κ1) is 16.0. The van der Waals surface area contributed by atoms with Crippen molar-refractivity contribution in [3.05, 3.63) is 35.9 Å². The Kier molecular flexibility index (Phi) is 6.32. The highest BCUT2D eigenvalue weighted by molar-refractivity contribution is 6.30. The first-order chi connectivity index (χ1) is 8.97. The van der Waals surface area contributed by atoms with E-state index in [-0.39, 0.29) is 11.9 Å². The smallest absolute Gasteiger partial charge is 0.245 e. The molecule has 0 radical (unpaired) electrons. The van der Waals surface area contributed by atoms with Crippen LogP contribution in [0.25, 0.3) is 0 Å². The highest BCUT2D eigenvalue weighted by Crippen LogP contribution is 2.23. The fraction of sp³-hybridized carbons (Fsp3) is 0.533. The van der Waals surface area contributed by atoms with Crippen molar-refractivity contribution in [3.8, 4) is 0 Å². The van der Waals surface area contributed by atoms with Crippen molar-refractivity contribution >= 4 is 17.5 Å². The van der Waals surface area contributed by atoms with E-state index in [9.17, 15) is 4.79 Å². The second-order valence-corrected chi connectivity index (χ2v) is 5.45. The zero-order valence-electron chi connectivity index (χ0n) is 12.1. The molecule has 2 atom stereocenters. The molecule has 0 heterocycles. The molecule has 0 aliphatic heterocycles. The quantitative estimate of drug-likeness (QED) is 0.749. The lowest BCUT2D eigenvalue weighted by Gasteiger charge is -2.31. The number of amides is 1. The number of alkyl halides is 1. The summed E-state index contributed by atoms with van der Waals surface area (Å²) >= 11 is 6.31. The second-order valence-electron chi connectivity index (χ2n) is 5.01. The molecule has 106 valence electrons. The lowest BCUT2D eigenvalue weighted by Crippen LogP contribution is -2.45. The van der Waals surface area contributed by atoms with E-state index in [1.54, 1.807) is 0 Å². The van der Waals surface area contributed by atoms with Crippen LogP contribution in [0.4, 0.5) is 0 Å². The molecule has 2 unspecified atom stereocenters. The van der Waals surface area contributed by atoms with E-state index < -0.39 is 5.38 Å². The van der Waals surface area contributed by atoms with Gasteiger partial charge in [-0.25, -0.2) is 0 Å². The summed E-state index contributed by atoms with van der Waals surface area (Å²) in [5, 5.41) is -0.606. The summed E-state index contributed by atoms with van der Waals surface area (Å²) in [5.74, 6) is -0.0234. The van der Waals surface area contributed by atoms with E-state index in [1.165, 1.54) is 0 Å². The fourth-order valence-electron chi connectivity index (χ4n) is 2.22. The van der Waals surface area contributed by atoms with Gasteiger partial charge >= 0.3 is 0 Å². The van der Waals surface area contributed by atoms with Crippen LogP contribution in [0, 0.1) is 0 Å². The van der Waals surface area contributed by atoms with Crippen LogP contribution in [-0.4, -0.2) is 48.9 Å². The van der Waals surface area contributed by atoms with E-state index >= 15 is 0 Å². The molecule has 0 aliphatic rings. The molecule has 1 rings (SSSR count).